The maximum absolute atomic E-state index is 11.7. The third kappa shape index (κ3) is 3.20. The van der Waals surface area contributed by atoms with Gasteiger partial charge in [0.2, 0.25) is 11.8 Å². The lowest BCUT2D eigenvalue weighted by Gasteiger charge is -2.13. The summed E-state index contributed by atoms with van der Waals surface area (Å²) in [4.78, 5) is 22.8. The van der Waals surface area contributed by atoms with Gasteiger partial charge >= 0.3 is 0 Å². The second-order valence-corrected chi connectivity index (χ2v) is 4.20. The monoisotopic (exact) mass is 254 g/mol. The second kappa shape index (κ2) is 5.68. The van der Waals surface area contributed by atoms with E-state index in [2.05, 4.69) is 5.32 Å². The Kier molecular flexibility index (Phi) is 4.52. The van der Waals surface area contributed by atoms with Crippen molar-refractivity contribution in [1.29, 1.82) is 0 Å². The summed E-state index contributed by atoms with van der Waals surface area (Å²) in [5.41, 5.74) is 6.88. The SMILES string of the molecule is Cc1c(NC(=O)C(C)CCl)cccc1C(N)=O. The molecule has 1 atom stereocenters. The summed E-state index contributed by atoms with van der Waals surface area (Å²) in [7, 11) is 0. The Bertz CT molecular complexity index is 446. The van der Waals surface area contributed by atoms with Crippen molar-refractivity contribution >= 4 is 29.1 Å². The first kappa shape index (κ1) is 13.5. The first-order chi connectivity index (χ1) is 7.97. The number of rotatable bonds is 4. The third-order valence-electron chi connectivity index (χ3n) is 2.54. The highest BCUT2D eigenvalue weighted by Crippen LogP contribution is 2.19. The van der Waals surface area contributed by atoms with Gasteiger partial charge in [0.1, 0.15) is 0 Å². The van der Waals surface area contributed by atoms with Gasteiger partial charge in [-0.1, -0.05) is 13.0 Å². The van der Waals surface area contributed by atoms with Crippen molar-refractivity contribution in [2.24, 2.45) is 11.7 Å². The molecule has 1 aromatic rings. The van der Waals surface area contributed by atoms with Crippen LogP contribution in [-0.4, -0.2) is 17.7 Å². The summed E-state index contributed by atoms with van der Waals surface area (Å²) < 4.78 is 0. The van der Waals surface area contributed by atoms with E-state index in [0.717, 1.165) is 0 Å². The highest BCUT2D eigenvalue weighted by atomic mass is 35.5. The van der Waals surface area contributed by atoms with Crippen LogP contribution in [0.2, 0.25) is 0 Å². The quantitative estimate of drug-likeness (QED) is 0.806. The third-order valence-corrected chi connectivity index (χ3v) is 3.00. The molecule has 0 saturated carbocycles. The van der Waals surface area contributed by atoms with Crippen LogP contribution >= 0.6 is 11.6 Å². The molecule has 92 valence electrons. The van der Waals surface area contributed by atoms with E-state index < -0.39 is 5.91 Å². The molecule has 3 N–H and O–H groups in total. The fraction of sp³-hybridized carbons (Fsp3) is 0.333. The Morgan fingerprint density at radius 3 is 2.65 bits per heavy atom. The van der Waals surface area contributed by atoms with Crippen LogP contribution in [0.5, 0.6) is 0 Å². The fourth-order valence-electron chi connectivity index (χ4n) is 1.36. The van der Waals surface area contributed by atoms with E-state index in [1.807, 2.05) is 0 Å². The van der Waals surface area contributed by atoms with Gasteiger partial charge in [0.05, 0.1) is 0 Å². The molecule has 0 radical (unpaired) electrons. The standard InChI is InChI=1S/C12H15ClN2O2/c1-7(6-13)12(17)15-10-5-3-4-9(8(10)2)11(14)16/h3-5,7H,6H2,1-2H3,(H2,14,16)(H,15,17). The zero-order valence-electron chi connectivity index (χ0n) is 9.79. The van der Waals surface area contributed by atoms with Crippen LogP contribution in [0.15, 0.2) is 18.2 Å². The molecule has 0 heterocycles. The average Bonchev–Trinajstić information content (AvgIpc) is 2.30. The van der Waals surface area contributed by atoms with E-state index in [1.54, 1.807) is 32.0 Å². The number of nitrogens with two attached hydrogens (primary N) is 1. The zero-order valence-corrected chi connectivity index (χ0v) is 10.5. The number of hydrogen-bond donors (Lipinski definition) is 2. The molecular weight excluding hydrogens is 240 g/mol. The second-order valence-electron chi connectivity index (χ2n) is 3.89. The Morgan fingerprint density at radius 1 is 1.47 bits per heavy atom. The van der Waals surface area contributed by atoms with Gasteiger partial charge in [-0.2, -0.15) is 0 Å². The van der Waals surface area contributed by atoms with Gasteiger partial charge in [-0.15, -0.1) is 11.6 Å². The minimum absolute atomic E-state index is 0.176. The minimum Gasteiger partial charge on any atom is -0.366 e. The van der Waals surface area contributed by atoms with Crippen LogP contribution in [0.1, 0.15) is 22.8 Å². The number of carbonyl (C=O) groups is 2. The highest BCUT2D eigenvalue weighted by molar-refractivity contribution is 6.19. The lowest BCUT2D eigenvalue weighted by Crippen LogP contribution is -2.22. The highest BCUT2D eigenvalue weighted by Gasteiger charge is 2.14. The summed E-state index contributed by atoms with van der Waals surface area (Å²) in [5, 5.41) is 2.72. The maximum Gasteiger partial charge on any atom is 0.249 e. The lowest BCUT2D eigenvalue weighted by molar-refractivity contribution is -0.118. The lowest BCUT2D eigenvalue weighted by atomic mass is 10.1. The average molecular weight is 255 g/mol. The molecule has 0 bridgehead atoms. The summed E-state index contributed by atoms with van der Waals surface area (Å²) in [6.45, 7) is 3.47. The van der Waals surface area contributed by atoms with Gasteiger partial charge in [-0.3, -0.25) is 9.59 Å². The van der Waals surface area contributed by atoms with Gasteiger partial charge in [0.15, 0.2) is 0 Å². The Hall–Kier alpha value is -1.55. The first-order valence-corrected chi connectivity index (χ1v) is 5.77. The van der Waals surface area contributed by atoms with E-state index in [-0.39, 0.29) is 17.7 Å². The van der Waals surface area contributed by atoms with Gasteiger partial charge in [-0.05, 0) is 24.6 Å². The molecule has 5 heteroatoms. The zero-order chi connectivity index (χ0) is 13.0. The Morgan fingerprint density at radius 2 is 2.12 bits per heavy atom. The number of hydrogen-bond acceptors (Lipinski definition) is 2. The molecule has 1 rings (SSSR count). The molecule has 0 aliphatic rings. The molecule has 4 nitrogen and oxygen atoms in total. The topological polar surface area (TPSA) is 72.2 Å². The molecule has 0 spiro atoms. The van der Waals surface area contributed by atoms with Gasteiger partial charge < -0.3 is 11.1 Å². The molecule has 0 aliphatic carbocycles. The largest absolute Gasteiger partial charge is 0.366 e. The number of carbonyl (C=O) groups excluding carboxylic acids is 2. The summed E-state index contributed by atoms with van der Waals surface area (Å²) in [5.74, 6) is -0.720. The number of amides is 2. The van der Waals surface area contributed by atoms with Crippen LogP contribution in [0, 0.1) is 12.8 Å². The molecule has 0 aromatic heterocycles. The van der Waals surface area contributed by atoms with Crippen molar-refractivity contribution in [3.05, 3.63) is 29.3 Å². The van der Waals surface area contributed by atoms with E-state index in [0.29, 0.717) is 16.8 Å². The predicted octanol–water partition coefficient (Wildman–Crippen LogP) is 1.91. The predicted molar refractivity (Wildman–Crippen MR) is 68.2 cm³/mol. The van der Waals surface area contributed by atoms with E-state index in [4.69, 9.17) is 17.3 Å². The van der Waals surface area contributed by atoms with Gasteiger partial charge in [0, 0.05) is 23.0 Å². The molecule has 0 aliphatic heterocycles. The molecule has 1 unspecified atom stereocenters. The first-order valence-electron chi connectivity index (χ1n) is 5.23. The Balaban J connectivity index is 2.96. The minimum atomic E-state index is -0.510. The smallest absolute Gasteiger partial charge is 0.249 e. The summed E-state index contributed by atoms with van der Waals surface area (Å²) in [6, 6.07) is 5.02. The molecule has 0 fully saturated rings. The van der Waals surface area contributed by atoms with E-state index in [9.17, 15) is 9.59 Å². The maximum atomic E-state index is 11.7. The van der Waals surface area contributed by atoms with Crippen molar-refractivity contribution in [1.82, 2.24) is 0 Å². The molecule has 17 heavy (non-hydrogen) atoms. The number of primary amides is 1. The molecule has 0 saturated heterocycles. The van der Waals surface area contributed by atoms with E-state index >= 15 is 0 Å². The normalized spacial score (nSPS) is 11.9. The van der Waals surface area contributed by atoms with Crippen molar-refractivity contribution in [2.75, 3.05) is 11.2 Å². The molecular formula is C12H15ClN2O2. The van der Waals surface area contributed by atoms with Crippen molar-refractivity contribution in [3.63, 3.8) is 0 Å². The van der Waals surface area contributed by atoms with Crippen LogP contribution in [-0.2, 0) is 4.79 Å². The van der Waals surface area contributed by atoms with E-state index in [1.165, 1.54) is 0 Å². The number of alkyl halides is 1. The number of anilines is 1. The van der Waals surface area contributed by atoms with Gasteiger partial charge in [-0.25, -0.2) is 0 Å². The van der Waals surface area contributed by atoms with Crippen LogP contribution in [0.25, 0.3) is 0 Å². The van der Waals surface area contributed by atoms with Crippen molar-refractivity contribution in [2.45, 2.75) is 13.8 Å². The Labute approximate surface area is 105 Å². The van der Waals surface area contributed by atoms with Gasteiger partial charge in [0.25, 0.3) is 0 Å². The number of benzene rings is 1. The molecule has 2 amide bonds. The number of nitrogens with one attached hydrogen (secondary N) is 1. The summed E-state index contributed by atoms with van der Waals surface area (Å²) in [6.07, 6.45) is 0. The fourth-order valence-corrected chi connectivity index (χ4v) is 1.50. The van der Waals surface area contributed by atoms with Crippen LogP contribution in [0.3, 0.4) is 0 Å². The molecule has 1 aromatic carbocycles. The van der Waals surface area contributed by atoms with Crippen LogP contribution < -0.4 is 11.1 Å². The van der Waals surface area contributed by atoms with Crippen LogP contribution in [0.4, 0.5) is 5.69 Å². The summed E-state index contributed by atoms with van der Waals surface area (Å²) >= 11 is 5.60. The van der Waals surface area contributed by atoms with Crippen molar-refractivity contribution in [3.8, 4) is 0 Å². The number of halogens is 1. The van der Waals surface area contributed by atoms with Crippen molar-refractivity contribution < 1.29 is 9.59 Å².